The lowest BCUT2D eigenvalue weighted by Crippen LogP contribution is -2.42. The van der Waals surface area contributed by atoms with Crippen LogP contribution in [0.1, 0.15) is 25.5 Å². The Morgan fingerprint density at radius 3 is 2.27 bits per heavy atom. The molecule has 8 heteroatoms. The van der Waals surface area contributed by atoms with Crippen LogP contribution >= 0.6 is 24.0 Å². The summed E-state index contributed by atoms with van der Waals surface area (Å²) in [5.41, 5.74) is 0.790. The van der Waals surface area contributed by atoms with E-state index in [1.54, 1.807) is 14.2 Å². The molecule has 0 saturated heterocycles. The van der Waals surface area contributed by atoms with Gasteiger partial charge in [-0.3, -0.25) is 4.99 Å². The van der Waals surface area contributed by atoms with Crippen molar-refractivity contribution in [3.8, 4) is 17.2 Å². The highest BCUT2D eigenvalue weighted by molar-refractivity contribution is 14.0. The highest BCUT2D eigenvalue weighted by Gasteiger charge is 2.11. The van der Waals surface area contributed by atoms with E-state index in [2.05, 4.69) is 15.6 Å². The highest BCUT2D eigenvalue weighted by Crippen LogP contribution is 2.26. The largest absolute Gasteiger partial charge is 0.497 e. The molecule has 0 spiro atoms. The minimum atomic E-state index is -0.696. The second-order valence-corrected chi connectivity index (χ2v) is 6.47. The molecule has 0 radical (unpaired) electrons. The molecule has 7 nitrogen and oxygen atoms in total. The average Bonchev–Trinajstić information content (AvgIpc) is 2.75. The molecule has 2 unspecified atom stereocenters. The van der Waals surface area contributed by atoms with Crippen LogP contribution in [0.15, 0.2) is 53.5 Å². The van der Waals surface area contributed by atoms with Gasteiger partial charge < -0.3 is 30.0 Å². The van der Waals surface area contributed by atoms with Gasteiger partial charge in [-0.2, -0.15) is 0 Å². The molecule has 3 N–H and O–H groups in total. The molecule has 0 aromatic heterocycles. The summed E-state index contributed by atoms with van der Waals surface area (Å²) in [4.78, 5) is 4.48. The van der Waals surface area contributed by atoms with Crippen LogP contribution in [-0.4, -0.2) is 51.0 Å². The molecule has 0 fully saturated rings. The first-order valence-corrected chi connectivity index (χ1v) is 9.71. The molecule has 0 saturated carbocycles. The van der Waals surface area contributed by atoms with Crippen LogP contribution in [0.2, 0.25) is 0 Å². The van der Waals surface area contributed by atoms with Crippen molar-refractivity contribution in [1.82, 2.24) is 10.6 Å². The number of guanidine groups is 1. The van der Waals surface area contributed by atoms with Crippen molar-refractivity contribution >= 4 is 29.9 Å². The van der Waals surface area contributed by atoms with Crippen molar-refractivity contribution < 1.29 is 19.3 Å². The summed E-state index contributed by atoms with van der Waals surface area (Å²) in [6, 6.07) is 14.9. The standard InChI is InChI=1S/C22H31N3O4.HI/c1-5-23-22(25-15-19(26)17-10-12-18(27-3)13-11-17)24-14-16(2)29-21-9-7-6-8-20(21)28-4;/h6-13,16,19,26H,5,14-15H2,1-4H3,(H2,23,24,25);1H. The van der Waals surface area contributed by atoms with Crippen LogP contribution in [0.4, 0.5) is 0 Å². The summed E-state index contributed by atoms with van der Waals surface area (Å²) in [5.74, 6) is 2.77. The van der Waals surface area contributed by atoms with Gasteiger partial charge in [-0.1, -0.05) is 24.3 Å². The van der Waals surface area contributed by atoms with E-state index in [9.17, 15) is 5.11 Å². The van der Waals surface area contributed by atoms with Crippen LogP contribution < -0.4 is 24.8 Å². The van der Waals surface area contributed by atoms with Gasteiger partial charge in [-0.25, -0.2) is 0 Å². The zero-order chi connectivity index (χ0) is 21.1. The summed E-state index contributed by atoms with van der Waals surface area (Å²) in [6.07, 6.45) is -0.805. The fraction of sp³-hybridized carbons (Fsp3) is 0.409. The van der Waals surface area contributed by atoms with Crippen LogP contribution in [0, 0.1) is 0 Å². The Morgan fingerprint density at radius 2 is 1.67 bits per heavy atom. The Bertz CT molecular complexity index is 771. The first-order valence-electron chi connectivity index (χ1n) is 9.71. The number of rotatable bonds is 10. The van der Waals surface area contributed by atoms with Crippen LogP contribution in [0.25, 0.3) is 0 Å². The number of aliphatic hydroxyl groups is 1. The Balaban J connectivity index is 0.00000450. The third kappa shape index (κ3) is 8.27. The minimum absolute atomic E-state index is 0. The normalized spacial score (nSPS) is 12.9. The summed E-state index contributed by atoms with van der Waals surface area (Å²) in [5, 5.41) is 16.8. The summed E-state index contributed by atoms with van der Waals surface area (Å²) in [6.45, 7) is 5.46. The zero-order valence-electron chi connectivity index (χ0n) is 17.9. The molecule has 0 aliphatic rings. The van der Waals surface area contributed by atoms with Crippen molar-refractivity contribution in [1.29, 1.82) is 0 Å². The van der Waals surface area contributed by atoms with Crippen molar-refractivity contribution in [2.75, 3.05) is 33.9 Å². The number of nitrogens with zero attached hydrogens (tertiary/aromatic N) is 1. The fourth-order valence-corrected chi connectivity index (χ4v) is 2.67. The molecule has 2 aromatic rings. The second kappa shape index (κ2) is 13.9. The van der Waals surface area contributed by atoms with Gasteiger partial charge in [0.05, 0.1) is 33.4 Å². The molecule has 166 valence electrons. The van der Waals surface area contributed by atoms with E-state index in [0.717, 1.165) is 11.3 Å². The lowest BCUT2D eigenvalue weighted by molar-refractivity contribution is 0.187. The van der Waals surface area contributed by atoms with Gasteiger partial charge in [0, 0.05) is 6.54 Å². The fourth-order valence-electron chi connectivity index (χ4n) is 2.67. The number of aliphatic imine (C=N–C) groups is 1. The van der Waals surface area contributed by atoms with Crippen molar-refractivity contribution in [3.05, 3.63) is 54.1 Å². The van der Waals surface area contributed by atoms with E-state index in [-0.39, 0.29) is 36.6 Å². The van der Waals surface area contributed by atoms with E-state index in [1.165, 1.54) is 0 Å². The Hall–Kier alpha value is -2.20. The van der Waals surface area contributed by atoms with E-state index >= 15 is 0 Å². The maximum Gasteiger partial charge on any atom is 0.191 e. The quantitative estimate of drug-likeness (QED) is 0.249. The van der Waals surface area contributed by atoms with Gasteiger partial charge in [-0.15, -0.1) is 24.0 Å². The lowest BCUT2D eigenvalue weighted by Gasteiger charge is -2.19. The molecule has 0 aliphatic carbocycles. The van der Waals surface area contributed by atoms with E-state index in [4.69, 9.17) is 14.2 Å². The van der Waals surface area contributed by atoms with E-state index in [0.29, 0.717) is 30.5 Å². The molecule has 2 aromatic carbocycles. The van der Waals surface area contributed by atoms with Gasteiger partial charge >= 0.3 is 0 Å². The molecule has 0 heterocycles. The Labute approximate surface area is 195 Å². The molecule has 2 rings (SSSR count). The van der Waals surface area contributed by atoms with Crippen molar-refractivity contribution in [2.24, 2.45) is 4.99 Å². The first kappa shape index (κ1) is 25.8. The predicted octanol–water partition coefficient (Wildman–Crippen LogP) is 3.38. The molecular weight excluding hydrogens is 497 g/mol. The number of halogens is 1. The zero-order valence-corrected chi connectivity index (χ0v) is 20.3. The summed E-state index contributed by atoms with van der Waals surface area (Å²) in [7, 11) is 3.23. The topological polar surface area (TPSA) is 84.3 Å². The van der Waals surface area contributed by atoms with Gasteiger partial charge in [-0.05, 0) is 43.7 Å². The summed E-state index contributed by atoms with van der Waals surface area (Å²) < 4.78 is 16.4. The Kier molecular flexibility index (Phi) is 12.0. The SMILES string of the molecule is CCNC(=NCC(O)c1ccc(OC)cc1)NCC(C)Oc1ccccc1OC.I. The van der Waals surface area contributed by atoms with E-state index in [1.807, 2.05) is 62.4 Å². The van der Waals surface area contributed by atoms with Crippen LogP contribution in [0.5, 0.6) is 17.2 Å². The van der Waals surface area contributed by atoms with Crippen molar-refractivity contribution in [2.45, 2.75) is 26.1 Å². The molecule has 0 aliphatic heterocycles. The van der Waals surface area contributed by atoms with E-state index < -0.39 is 6.10 Å². The number of benzene rings is 2. The van der Waals surface area contributed by atoms with Gasteiger partial charge in [0.25, 0.3) is 0 Å². The van der Waals surface area contributed by atoms with Crippen LogP contribution in [0.3, 0.4) is 0 Å². The van der Waals surface area contributed by atoms with Gasteiger partial charge in [0.2, 0.25) is 0 Å². The highest BCUT2D eigenvalue weighted by atomic mass is 127. The number of ether oxygens (including phenoxy) is 3. The third-order valence-electron chi connectivity index (χ3n) is 4.22. The third-order valence-corrected chi connectivity index (χ3v) is 4.22. The lowest BCUT2D eigenvalue weighted by atomic mass is 10.1. The Morgan fingerprint density at radius 1 is 1.00 bits per heavy atom. The molecule has 0 bridgehead atoms. The number of methoxy groups -OCH3 is 2. The van der Waals surface area contributed by atoms with Gasteiger partial charge in [0.1, 0.15) is 11.9 Å². The van der Waals surface area contributed by atoms with Gasteiger partial charge in [0.15, 0.2) is 17.5 Å². The maximum atomic E-state index is 10.4. The number of hydrogen-bond acceptors (Lipinski definition) is 5. The maximum absolute atomic E-state index is 10.4. The van der Waals surface area contributed by atoms with Crippen molar-refractivity contribution in [3.63, 3.8) is 0 Å². The number of para-hydroxylation sites is 2. The monoisotopic (exact) mass is 529 g/mol. The number of hydrogen-bond donors (Lipinski definition) is 3. The smallest absolute Gasteiger partial charge is 0.191 e. The minimum Gasteiger partial charge on any atom is -0.497 e. The van der Waals surface area contributed by atoms with Crippen LogP contribution in [-0.2, 0) is 0 Å². The number of nitrogens with one attached hydrogen (secondary N) is 2. The summed E-state index contributed by atoms with van der Waals surface area (Å²) >= 11 is 0. The molecule has 30 heavy (non-hydrogen) atoms. The molecule has 0 amide bonds. The first-order chi connectivity index (χ1) is 14.1. The molecular formula is C22H32IN3O4. The second-order valence-electron chi connectivity index (χ2n) is 6.47. The molecule has 2 atom stereocenters. The average molecular weight is 529 g/mol. The predicted molar refractivity (Wildman–Crippen MR) is 130 cm³/mol. The number of aliphatic hydroxyl groups excluding tert-OH is 1.